The topological polar surface area (TPSA) is 230 Å². The summed E-state index contributed by atoms with van der Waals surface area (Å²) in [7, 11) is 0. The molecule has 4 atom stereocenters. The fourth-order valence-corrected chi connectivity index (χ4v) is 9.46. The molecule has 0 unspecified atom stereocenters. The number of thiazole rings is 2. The van der Waals surface area contributed by atoms with Crippen molar-refractivity contribution >= 4 is 125 Å². The molecule has 2 amide bonds. The monoisotopic (exact) mass is 1370 g/mol. The number of aliphatic hydroxyl groups is 1. The third kappa shape index (κ3) is 44.3. The van der Waals surface area contributed by atoms with Crippen molar-refractivity contribution in [2.75, 3.05) is 6.61 Å². The highest BCUT2D eigenvalue weighted by atomic mass is 79.9. The molecule has 0 saturated heterocycles. The Labute approximate surface area is 526 Å². The van der Waals surface area contributed by atoms with Crippen LogP contribution in [0, 0.1) is 35.5 Å². The lowest BCUT2D eigenvalue weighted by atomic mass is 10.0. The number of aliphatic hydroxyl groups excluding tert-OH is 1. The number of allylic oxidation sites excluding steroid dienone is 6. The van der Waals surface area contributed by atoms with Gasteiger partial charge in [-0.15, -0.1) is 22.7 Å². The van der Waals surface area contributed by atoms with E-state index in [1.165, 1.54) is 29.6 Å². The second kappa shape index (κ2) is 40.1. The standard InChI is InChI=1S/C29H41BrN2O5S.C20H28BrCl3N2O5S.C10H14O2/c1-19(2)15-20(3)11-9-14-27(34)36-24(16-21(4)30)17-26-31-23(18-38-26)12-10-13-25(22(5)33)32-28(35)37-29(6,7)8;1-12(21)8-14(27)9-16-25-13(10-32-16)6-5-7-15(17(28)30-11-20(22,23)24)26-18(29)31-19(2,3)4;1-8(2)7-9(3)5-4-6-10(11)12/h11,16,18-19,24-25H,10,12-13,15,17H2,1-8H3,(H,32,35);8,10,14-15,27H,5-7,9,11H2,1-4H3,(H,26,29);5,8H,7H2,1-3H3,(H,11,12)/b20-11+,21-16+;12-8+;9-5+/t24-,25-;14-,15+;/m10./s1. The third-order valence-electron chi connectivity index (χ3n) is 9.89. The molecule has 0 aliphatic rings. The van der Waals surface area contributed by atoms with Gasteiger partial charge >= 0.3 is 30.1 Å². The van der Waals surface area contributed by atoms with Crippen LogP contribution in [0.15, 0.2) is 55.2 Å². The summed E-state index contributed by atoms with van der Waals surface area (Å²) < 4.78 is 21.0. The Kier molecular flexibility index (Phi) is 38.1. The predicted octanol–water partition coefficient (Wildman–Crippen LogP) is 14.2. The van der Waals surface area contributed by atoms with Crippen molar-refractivity contribution in [3.8, 4) is 23.7 Å². The lowest BCUT2D eigenvalue weighted by Crippen LogP contribution is -2.44. The molecular weight excluding hydrogens is 1290 g/mol. The number of Topliss-reactive ketones (excluding diaryl/α,β-unsaturated/α-hetero) is 1. The lowest BCUT2D eigenvalue weighted by Gasteiger charge is -2.23. The van der Waals surface area contributed by atoms with Crippen LogP contribution in [0.25, 0.3) is 0 Å². The van der Waals surface area contributed by atoms with E-state index < -0.39 is 76.0 Å². The van der Waals surface area contributed by atoms with Gasteiger partial charge in [-0.3, -0.25) is 4.79 Å². The zero-order chi connectivity index (χ0) is 63.0. The van der Waals surface area contributed by atoms with E-state index in [1.54, 1.807) is 59.8 Å². The van der Waals surface area contributed by atoms with Crippen LogP contribution in [0.3, 0.4) is 0 Å². The summed E-state index contributed by atoms with van der Waals surface area (Å²) in [6.45, 7) is 27.6. The molecule has 4 N–H and O–H groups in total. The van der Waals surface area contributed by atoms with Crippen molar-refractivity contribution in [1.29, 1.82) is 0 Å². The van der Waals surface area contributed by atoms with Crippen LogP contribution in [-0.2, 0) is 63.8 Å². The molecular formula is C59H83Br2Cl3N4O12S2. The van der Waals surface area contributed by atoms with Crippen LogP contribution in [0.2, 0.25) is 0 Å². The summed E-state index contributed by atoms with van der Waals surface area (Å²) in [5.74, 6) is 8.46. The molecule has 2 rings (SSSR count). The summed E-state index contributed by atoms with van der Waals surface area (Å²) in [4.78, 5) is 80.1. The first-order chi connectivity index (χ1) is 37.8. The van der Waals surface area contributed by atoms with Gasteiger partial charge < -0.3 is 39.8 Å². The van der Waals surface area contributed by atoms with Gasteiger partial charge in [0.2, 0.25) is 3.79 Å². The van der Waals surface area contributed by atoms with Gasteiger partial charge in [-0.25, -0.2) is 33.9 Å². The van der Waals surface area contributed by atoms with Gasteiger partial charge in [0.1, 0.15) is 30.0 Å². The van der Waals surface area contributed by atoms with Crippen LogP contribution in [-0.4, -0.2) is 102 Å². The number of esters is 2. The van der Waals surface area contributed by atoms with Crippen LogP contribution in [0.4, 0.5) is 9.59 Å². The van der Waals surface area contributed by atoms with Gasteiger partial charge in [0.25, 0.3) is 0 Å². The predicted molar refractivity (Wildman–Crippen MR) is 337 cm³/mol. The molecule has 2 aromatic heterocycles. The van der Waals surface area contributed by atoms with E-state index in [2.05, 4.69) is 97.9 Å². The Balaban J connectivity index is 0.00000135. The number of carboxylic acids is 1. The molecule has 0 bridgehead atoms. The average molecular weight is 1370 g/mol. The fourth-order valence-electron chi connectivity index (χ4n) is 6.95. The van der Waals surface area contributed by atoms with E-state index in [0.29, 0.717) is 56.8 Å². The van der Waals surface area contributed by atoms with Gasteiger partial charge in [0.15, 0.2) is 5.78 Å². The molecule has 458 valence electrons. The number of aryl methyl sites for hydroxylation is 2. The zero-order valence-electron chi connectivity index (χ0n) is 49.8. The number of carboxylic acid groups (broad SMARTS) is 1. The number of ketones is 1. The fraction of sp³-hybridized carbons (Fsp3) is 0.593. The highest BCUT2D eigenvalue weighted by Gasteiger charge is 2.29. The number of amides is 2. The number of nitrogens with zero attached hydrogens (tertiary/aromatic N) is 2. The smallest absolute Gasteiger partial charge is 0.408 e. The van der Waals surface area contributed by atoms with Crippen molar-refractivity contribution in [3.05, 3.63) is 76.6 Å². The van der Waals surface area contributed by atoms with E-state index in [1.807, 2.05) is 50.5 Å². The first-order valence-electron chi connectivity index (χ1n) is 26.5. The molecule has 2 aromatic rings. The molecule has 2 heterocycles. The number of alkyl carbamates (subject to hydrolysis) is 2. The molecule has 0 saturated carbocycles. The maximum Gasteiger partial charge on any atom is 0.408 e. The molecule has 23 heteroatoms. The molecule has 0 fully saturated rings. The van der Waals surface area contributed by atoms with E-state index >= 15 is 0 Å². The van der Waals surface area contributed by atoms with Crippen molar-refractivity contribution in [2.45, 2.75) is 207 Å². The number of nitrogens with one attached hydrogen (secondary N) is 2. The Hall–Kier alpha value is -4.25. The Bertz CT molecular complexity index is 2620. The molecule has 0 radical (unpaired) electrons. The van der Waals surface area contributed by atoms with Gasteiger partial charge in [-0.2, -0.15) is 0 Å². The van der Waals surface area contributed by atoms with Gasteiger partial charge in [0, 0.05) is 35.4 Å². The second-order valence-corrected chi connectivity index (χ2v) is 28.8. The Morgan fingerprint density at radius 2 is 1.13 bits per heavy atom. The maximum absolute atomic E-state index is 12.4. The third-order valence-corrected chi connectivity index (χ3v) is 12.6. The van der Waals surface area contributed by atoms with E-state index in [-0.39, 0.29) is 12.2 Å². The van der Waals surface area contributed by atoms with E-state index in [4.69, 9.17) is 58.9 Å². The van der Waals surface area contributed by atoms with Crippen LogP contribution < -0.4 is 10.6 Å². The van der Waals surface area contributed by atoms with Crippen molar-refractivity contribution in [1.82, 2.24) is 20.6 Å². The summed E-state index contributed by atoms with van der Waals surface area (Å²) in [6.07, 6.45) is 10.4. The first kappa shape index (κ1) is 77.8. The number of halogens is 5. The van der Waals surface area contributed by atoms with Crippen LogP contribution in [0.1, 0.15) is 164 Å². The number of ether oxygens (including phenoxy) is 4. The van der Waals surface area contributed by atoms with E-state index in [0.717, 1.165) is 54.4 Å². The average Bonchev–Trinajstić information content (AvgIpc) is 3.93. The van der Waals surface area contributed by atoms with Gasteiger partial charge in [-0.1, -0.05) is 117 Å². The molecule has 16 nitrogen and oxygen atoms in total. The number of carbonyl (C=O) groups is 6. The van der Waals surface area contributed by atoms with Gasteiger partial charge in [-0.05, 0) is 173 Å². The normalized spacial score (nSPS) is 13.7. The first-order valence-corrected chi connectivity index (χ1v) is 31.0. The van der Waals surface area contributed by atoms with Crippen molar-refractivity contribution in [2.24, 2.45) is 11.8 Å². The number of hydrogen-bond acceptors (Lipinski definition) is 15. The molecule has 82 heavy (non-hydrogen) atoms. The SMILES string of the molecule is C/C(=C\C#CC(=O)O)CC(C)C.C/C(Br)=C\[C@H](O)Cc1nc(CCC[C@@H](NC(=O)OC(C)(C)C)C(=O)OCC(Cl)(Cl)Cl)cs1.CC(=O)[C@@H](CCCc1csc(C[C@@H](/C=C(\C)Br)OC(=O)C#C/C=C(\C)CC(C)C)n1)NC(=O)OC(C)(C)C. The highest BCUT2D eigenvalue weighted by Crippen LogP contribution is 2.27. The number of rotatable bonds is 24. The maximum atomic E-state index is 12.4. The number of aromatic nitrogens is 2. The molecule has 0 aliphatic carbocycles. The van der Waals surface area contributed by atoms with Crippen LogP contribution >= 0.6 is 89.3 Å². The summed E-state index contributed by atoms with van der Waals surface area (Å²) in [5.41, 5.74) is 2.62. The quantitative estimate of drug-likeness (QED) is 0.0252. The van der Waals surface area contributed by atoms with E-state index in [9.17, 15) is 33.9 Å². The highest BCUT2D eigenvalue weighted by molar-refractivity contribution is 9.12. The van der Waals surface area contributed by atoms with Crippen molar-refractivity contribution < 1.29 is 57.9 Å². The minimum absolute atomic E-state index is 0.120. The summed E-state index contributed by atoms with van der Waals surface area (Å²) in [6, 6.07) is -1.58. The number of carbonyl (C=O) groups excluding carboxylic acids is 5. The van der Waals surface area contributed by atoms with Crippen LogP contribution in [0.5, 0.6) is 0 Å². The Morgan fingerprint density at radius 1 is 0.695 bits per heavy atom. The molecule has 0 spiro atoms. The minimum atomic E-state index is -1.75. The number of aliphatic carboxylic acids is 1. The van der Waals surface area contributed by atoms with Crippen molar-refractivity contribution in [3.63, 3.8) is 0 Å². The lowest BCUT2D eigenvalue weighted by molar-refractivity contribution is -0.146. The Morgan fingerprint density at radius 3 is 1.55 bits per heavy atom. The molecule has 0 aromatic carbocycles. The number of hydrogen-bond donors (Lipinski definition) is 4. The second-order valence-electron chi connectivity index (χ2n) is 21.9. The summed E-state index contributed by atoms with van der Waals surface area (Å²) in [5, 5.41) is 28.9. The molecule has 0 aliphatic heterocycles. The number of alkyl halides is 3. The largest absolute Gasteiger partial charge is 0.472 e. The van der Waals surface area contributed by atoms with Gasteiger partial charge in [0.05, 0.1) is 33.5 Å². The minimum Gasteiger partial charge on any atom is -0.472 e. The zero-order valence-corrected chi connectivity index (χ0v) is 56.9. The summed E-state index contributed by atoms with van der Waals surface area (Å²) >= 11 is 26.6.